The molecule has 0 amide bonds. The van der Waals surface area contributed by atoms with Crippen LogP contribution in [0.25, 0.3) is 11.1 Å². The number of carboxylic acids is 1. The van der Waals surface area contributed by atoms with E-state index in [1.54, 1.807) is 0 Å². The highest BCUT2D eigenvalue weighted by molar-refractivity contribution is 5.71. The van der Waals surface area contributed by atoms with Crippen molar-refractivity contribution in [2.45, 2.75) is 76.5 Å². The summed E-state index contributed by atoms with van der Waals surface area (Å²) >= 11 is 0. The molecule has 1 aromatic heterocycles. The molecule has 7 heteroatoms. The van der Waals surface area contributed by atoms with Crippen molar-refractivity contribution in [2.75, 3.05) is 19.7 Å². The number of nitrogens with zero attached hydrogens (tertiary/aromatic N) is 2. The topological polar surface area (TPSA) is 71.9 Å². The molecule has 2 unspecified atom stereocenters. The second-order valence-electron chi connectivity index (χ2n) is 13.0. The largest absolute Gasteiger partial charge is 0.485 e. The fraction of sp³-hybridized carbons (Fsp3) is 0.486. The van der Waals surface area contributed by atoms with Gasteiger partial charge in [-0.3, -0.25) is 14.7 Å². The van der Waals surface area contributed by atoms with Gasteiger partial charge in [0.05, 0.1) is 24.3 Å². The van der Waals surface area contributed by atoms with E-state index in [0.29, 0.717) is 11.5 Å². The van der Waals surface area contributed by atoms with Crippen molar-refractivity contribution >= 4 is 5.97 Å². The second-order valence-corrected chi connectivity index (χ2v) is 13.0. The summed E-state index contributed by atoms with van der Waals surface area (Å²) in [5.74, 6) is -0.203. The molecule has 4 heterocycles. The quantitative estimate of drug-likeness (QED) is 0.320. The smallest absolute Gasteiger partial charge is 0.306 e. The SMILES string of the molecule is Cc1cc(-c2ccc(C3CCc4ccc([C@H](C5CC5)[C@H](C)C(=O)O)cc4O3)cc2CN2CCC3(CCO3)C2)c(F)cn1. The Morgan fingerprint density at radius 1 is 1.14 bits per heavy atom. The van der Waals surface area contributed by atoms with Crippen LogP contribution in [0.4, 0.5) is 4.39 Å². The van der Waals surface area contributed by atoms with Crippen LogP contribution in [-0.2, 0) is 22.5 Å². The second kappa shape index (κ2) is 10.8. The van der Waals surface area contributed by atoms with E-state index in [1.807, 2.05) is 26.0 Å². The number of halogens is 1. The van der Waals surface area contributed by atoms with Crippen LogP contribution in [0, 0.1) is 24.6 Å². The van der Waals surface area contributed by atoms with E-state index in [1.165, 1.54) is 11.8 Å². The van der Waals surface area contributed by atoms with Crippen molar-refractivity contribution < 1.29 is 23.8 Å². The molecule has 42 heavy (non-hydrogen) atoms. The molecule has 7 rings (SSSR count). The molecule has 1 saturated carbocycles. The van der Waals surface area contributed by atoms with Gasteiger partial charge >= 0.3 is 5.97 Å². The lowest BCUT2D eigenvalue weighted by molar-refractivity contribution is -0.142. The molecule has 3 aromatic rings. The lowest BCUT2D eigenvalue weighted by Gasteiger charge is -2.38. The van der Waals surface area contributed by atoms with Gasteiger partial charge in [0.25, 0.3) is 0 Å². The zero-order chi connectivity index (χ0) is 29.0. The highest BCUT2D eigenvalue weighted by Gasteiger charge is 2.44. The molecule has 1 aliphatic carbocycles. The molecule has 2 saturated heterocycles. The molecule has 2 aromatic carbocycles. The Morgan fingerprint density at radius 3 is 2.69 bits per heavy atom. The molecule has 0 bridgehead atoms. The number of hydrogen-bond acceptors (Lipinski definition) is 5. The summed E-state index contributed by atoms with van der Waals surface area (Å²) in [5.41, 5.74) is 6.66. The zero-order valence-corrected chi connectivity index (χ0v) is 24.4. The predicted molar refractivity (Wildman–Crippen MR) is 158 cm³/mol. The van der Waals surface area contributed by atoms with Crippen LogP contribution in [0.15, 0.2) is 48.7 Å². The van der Waals surface area contributed by atoms with Gasteiger partial charge in [-0.05, 0) is 90.8 Å². The maximum absolute atomic E-state index is 15.1. The minimum atomic E-state index is -0.746. The summed E-state index contributed by atoms with van der Waals surface area (Å²) in [7, 11) is 0. The number of aryl methyl sites for hydroxylation is 2. The Morgan fingerprint density at radius 2 is 1.98 bits per heavy atom. The number of hydrogen-bond donors (Lipinski definition) is 1. The maximum atomic E-state index is 15.1. The molecule has 220 valence electrons. The van der Waals surface area contributed by atoms with Gasteiger partial charge < -0.3 is 14.6 Å². The molecule has 3 fully saturated rings. The maximum Gasteiger partial charge on any atom is 0.306 e. The Kier molecular flexibility index (Phi) is 7.06. The van der Waals surface area contributed by atoms with E-state index in [-0.39, 0.29) is 23.4 Å². The van der Waals surface area contributed by atoms with E-state index in [9.17, 15) is 9.90 Å². The number of carboxylic acid groups (broad SMARTS) is 1. The van der Waals surface area contributed by atoms with Crippen LogP contribution in [0.2, 0.25) is 0 Å². The van der Waals surface area contributed by atoms with Gasteiger partial charge in [0.15, 0.2) is 0 Å². The monoisotopic (exact) mass is 570 g/mol. The summed E-state index contributed by atoms with van der Waals surface area (Å²) < 4.78 is 27.7. The number of rotatable bonds is 8. The minimum absolute atomic E-state index is 0.000634. The number of aromatic nitrogens is 1. The lowest BCUT2D eigenvalue weighted by Crippen LogP contribution is -2.45. The predicted octanol–water partition coefficient (Wildman–Crippen LogP) is 6.84. The van der Waals surface area contributed by atoms with Gasteiger partial charge in [0, 0.05) is 37.3 Å². The van der Waals surface area contributed by atoms with E-state index in [0.717, 1.165) is 98.5 Å². The Bertz CT molecular complexity index is 1510. The molecule has 4 aliphatic rings. The molecular weight excluding hydrogens is 531 g/mol. The van der Waals surface area contributed by atoms with E-state index in [2.05, 4.69) is 40.2 Å². The van der Waals surface area contributed by atoms with Crippen molar-refractivity contribution in [1.82, 2.24) is 9.88 Å². The molecule has 3 aliphatic heterocycles. The van der Waals surface area contributed by atoms with Crippen LogP contribution in [0.3, 0.4) is 0 Å². The first kappa shape index (κ1) is 27.5. The highest BCUT2D eigenvalue weighted by atomic mass is 19.1. The summed E-state index contributed by atoms with van der Waals surface area (Å²) in [6.07, 6.45) is 7.25. The van der Waals surface area contributed by atoms with Gasteiger partial charge in [-0.25, -0.2) is 4.39 Å². The van der Waals surface area contributed by atoms with E-state index >= 15 is 4.39 Å². The van der Waals surface area contributed by atoms with Crippen LogP contribution in [-0.4, -0.2) is 46.3 Å². The average Bonchev–Trinajstić information content (AvgIpc) is 3.70. The fourth-order valence-electron chi connectivity index (χ4n) is 7.38. The van der Waals surface area contributed by atoms with Gasteiger partial charge in [0.1, 0.15) is 17.7 Å². The van der Waals surface area contributed by atoms with Crippen LogP contribution in [0.1, 0.15) is 79.0 Å². The summed E-state index contributed by atoms with van der Waals surface area (Å²) in [6, 6.07) is 14.5. The van der Waals surface area contributed by atoms with Crippen molar-refractivity contribution in [3.05, 3.63) is 82.4 Å². The van der Waals surface area contributed by atoms with Gasteiger partial charge in [0.2, 0.25) is 0 Å². The average molecular weight is 571 g/mol. The van der Waals surface area contributed by atoms with Crippen LogP contribution < -0.4 is 4.74 Å². The Labute approximate surface area is 246 Å². The third-order valence-electron chi connectivity index (χ3n) is 10.0. The fourth-order valence-corrected chi connectivity index (χ4v) is 7.38. The van der Waals surface area contributed by atoms with E-state index in [4.69, 9.17) is 9.47 Å². The molecule has 6 nitrogen and oxygen atoms in total. The minimum Gasteiger partial charge on any atom is -0.485 e. The van der Waals surface area contributed by atoms with Crippen molar-refractivity contribution in [2.24, 2.45) is 11.8 Å². The molecule has 4 atom stereocenters. The number of fused-ring (bicyclic) bond motifs is 1. The number of likely N-dealkylation sites (tertiary alicyclic amines) is 1. The van der Waals surface area contributed by atoms with E-state index < -0.39 is 11.9 Å². The first-order chi connectivity index (χ1) is 20.3. The number of aliphatic carboxylic acids is 1. The van der Waals surface area contributed by atoms with Gasteiger partial charge in [-0.1, -0.05) is 37.3 Å². The first-order valence-electron chi connectivity index (χ1n) is 15.4. The number of benzene rings is 2. The first-order valence-corrected chi connectivity index (χ1v) is 15.4. The number of ether oxygens (including phenoxy) is 2. The van der Waals surface area contributed by atoms with Crippen molar-refractivity contribution in [3.63, 3.8) is 0 Å². The van der Waals surface area contributed by atoms with Gasteiger partial charge in [-0.2, -0.15) is 0 Å². The third kappa shape index (κ3) is 5.22. The number of carbonyl (C=O) groups is 1. The van der Waals surface area contributed by atoms with Crippen LogP contribution in [0.5, 0.6) is 5.75 Å². The van der Waals surface area contributed by atoms with Crippen LogP contribution >= 0.6 is 0 Å². The lowest BCUT2D eigenvalue weighted by atomic mass is 9.82. The third-order valence-corrected chi connectivity index (χ3v) is 10.0. The molecule has 1 N–H and O–H groups in total. The van der Waals surface area contributed by atoms with Crippen molar-refractivity contribution in [3.8, 4) is 16.9 Å². The number of pyridine rings is 1. The summed E-state index contributed by atoms with van der Waals surface area (Å²) in [5, 5.41) is 9.76. The Hall–Kier alpha value is -3.29. The highest BCUT2D eigenvalue weighted by Crippen LogP contribution is 2.48. The molecule has 1 spiro atoms. The Balaban J connectivity index is 1.19. The summed E-state index contributed by atoms with van der Waals surface area (Å²) in [6.45, 7) is 7.15. The van der Waals surface area contributed by atoms with Gasteiger partial charge in [-0.15, -0.1) is 0 Å². The zero-order valence-electron chi connectivity index (χ0n) is 24.4. The van der Waals surface area contributed by atoms with Crippen molar-refractivity contribution in [1.29, 1.82) is 0 Å². The molecular formula is C35H39FN2O4. The standard InChI is InChI=1S/C35H39FN2O4/c1-21-15-29(30(36)18-37-21)28-9-7-25(16-27(28)19-38-13-11-35(20-38)12-14-41-35)31-10-8-23-3-6-26(17-32(23)42-31)33(24-4-5-24)22(2)34(39)40/h3,6-7,9,15-18,22,24,31,33H,4-5,8,10-14,19-20H2,1-2H3,(H,39,40)/t22-,31?,33-,35?/m0/s1. The summed E-state index contributed by atoms with van der Waals surface area (Å²) in [4.78, 5) is 18.5. The normalized spacial score (nSPS) is 25.0. The molecule has 0 radical (unpaired) electrons.